The lowest BCUT2D eigenvalue weighted by atomic mass is 9.85. The van der Waals surface area contributed by atoms with Gasteiger partial charge >= 0.3 is 0 Å². The first-order chi connectivity index (χ1) is 11.0. The maximum atomic E-state index is 12.8. The number of nitrogens with zero attached hydrogens (tertiary/aromatic N) is 3. The van der Waals surface area contributed by atoms with Crippen LogP contribution in [0.3, 0.4) is 0 Å². The van der Waals surface area contributed by atoms with E-state index >= 15 is 0 Å². The summed E-state index contributed by atoms with van der Waals surface area (Å²) in [6.45, 7) is 4.97. The summed E-state index contributed by atoms with van der Waals surface area (Å²) in [5, 5.41) is 0. The molecule has 2 aliphatic heterocycles. The molecular weight excluding hydrogens is 290 g/mol. The first-order valence-corrected chi connectivity index (χ1v) is 9.20. The van der Waals surface area contributed by atoms with E-state index in [0.717, 1.165) is 64.8 Å². The molecule has 1 amide bonds. The summed E-state index contributed by atoms with van der Waals surface area (Å²) in [5.74, 6) is 0.509. The van der Waals surface area contributed by atoms with Gasteiger partial charge in [0.1, 0.15) is 5.78 Å². The summed E-state index contributed by atoms with van der Waals surface area (Å²) in [7, 11) is 4.40. The highest BCUT2D eigenvalue weighted by molar-refractivity contribution is 5.88. The van der Waals surface area contributed by atoms with Crippen molar-refractivity contribution < 1.29 is 9.59 Å². The Morgan fingerprint density at radius 1 is 1.13 bits per heavy atom. The van der Waals surface area contributed by atoms with Crippen LogP contribution in [0.15, 0.2) is 0 Å². The predicted molar refractivity (Wildman–Crippen MR) is 90.3 cm³/mol. The van der Waals surface area contributed by atoms with Crippen molar-refractivity contribution in [3.63, 3.8) is 0 Å². The molecule has 0 bridgehead atoms. The fraction of sp³-hybridized carbons (Fsp3) is 0.889. The van der Waals surface area contributed by atoms with E-state index in [2.05, 4.69) is 28.8 Å². The van der Waals surface area contributed by atoms with Crippen LogP contribution < -0.4 is 0 Å². The zero-order valence-electron chi connectivity index (χ0n) is 14.7. The molecule has 0 aromatic rings. The molecule has 0 aromatic carbocycles. The standard InChI is InChI=1S/C18H31N3O2/c1-19-11-7-18(8-12-19)14-21(10-4-9-20(18)2)17(23)13-15-5-3-6-16(15)22/h15H,3-14H2,1-2H3/t15-/m1/s1. The van der Waals surface area contributed by atoms with Crippen LogP contribution in [0.1, 0.15) is 44.9 Å². The monoisotopic (exact) mass is 321 g/mol. The molecule has 5 nitrogen and oxygen atoms in total. The Bertz CT molecular complexity index is 457. The maximum Gasteiger partial charge on any atom is 0.223 e. The van der Waals surface area contributed by atoms with Crippen molar-refractivity contribution in [2.24, 2.45) is 5.92 Å². The minimum absolute atomic E-state index is 0.00285. The van der Waals surface area contributed by atoms with Gasteiger partial charge in [0.15, 0.2) is 0 Å². The molecule has 130 valence electrons. The summed E-state index contributed by atoms with van der Waals surface area (Å²) in [6, 6.07) is 0. The van der Waals surface area contributed by atoms with Crippen molar-refractivity contribution in [1.29, 1.82) is 0 Å². The number of likely N-dealkylation sites (tertiary alicyclic amines) is 1. The fourth-order valence-corrected chi connectivity index (χ4v) is 4.52. The van der Waals surface area contributed by atoms with Gasteiger partial charge < -0.3 is 9.80 Å². The lowest BCUT2D eigenvalue weighted by Crippen LogP contribution is -2.58. The van der Waals surface area contributed by atoms with Gasteiger partial charge in [0.2, 0.25) is 5.91 Å². The molecule has 5 heteroatoms. The Labute approximate surface area is 140 Å². The van der Waals surface area contributed by atoms with Gasteiger partial charge in [0.05, 0.1) is 0 Å². The third kappa shape index (κ3) is 3.61. The molecule has 0 radical (unpaired) electrons. The minimum atomic E-state index is -0.00285. The second-order valence-electron chi connectivity index (χ2n) is 7.88. The molecule has 3 rings (SSSR count). The van der Waals surface area contributed by atoms with E-state index in [4.69, 9.17) is 0 Å². The van der Waals surface area contributed by atoms with Crippen LogP contribution in [0.5, 0.6) is 0 Å². The lowest BCUT2D eigenvalue weighted by molar-refractivity contribution is -0.136. The number of hydrogen-bond donors (Lipinski definition) is 0. The Hall–Kier alpha value is -0.940. The van der Waals surface area contributed by atoms with E-state index in [9.17, 15) is 9.59 Å². The second-order valence-corrected chi connectivity index (χ2v) is 7.88. The Morgan fingerprint density at radius 2 is 1.87 bits per heavy atom. The quantitative estimate of drug-likeness (QED) is 0.771. The summed E-state index contributed by atoms with van der Waals surface area (Å²) in [4.78, 5) is 31.6. The highest BCUT2D eigenvalue weighted by atomic mass is 16.2. The van der Waals surface area contributed by atoms with Crippen LogP contribution >= 0.6 is 0 Å². The van der Waals surface area contributed by atoms with E-state index in [1.54, 1.807) is 0 Å². The normalized spacial score (nSPS) is 29.9. The third-order valence-electron chi connectivity index (χ3n) is 6.34. The number of hydrogen-bond acceptors (Lipinski definition) is 4. The minimum Gasteiger partial charge on any atom is -0.341 e. The van der Waals surface area contributed by atoms with Crippen molar-refractivity contribution in [2.45, 2.75) is 50.5 Å². The van der Waals surface area contributed by atoms with Crippen LogP contribution in [-0.2, 0) is 9.59 Å². The molecule has 23 heavy (non-hydrogen) atoms. The lowest BCUT2D eigenvalue weighted by Gasteiger charge is -2.47. The van der Waals surface area contributed by atoms with E-state index in [0.29, 0.717) is 18.6 Å². The number of carbonyl (C=O) groups is 2. The summed E-state index contributed by atoms with van der Waals surface area (Å²) in [6.07, 6.45) is 6.30. The third-order valence-corrected chi connectivity index (χ3v) is 6.34. The largest absolute Gasteiger partial charge is 0.341 e. The predicted octanol–water partition coefficient (Wildman–Crippen LogP) is 1.37. The zero-order chi connectivity index (χ0) is 16.4. The zero-order valence-corrected chi connectivity index (χ0v) is 14.7. The Balaban J connectivity index is 1.67. The Morgan fingerprint density at radius 3 is 2.52 bits per heavy atom. The molecule has 3 aliphatic rings. The van der Waals surface area contributed by atoms with Gasteiger partial charge in [-0.3, -0.25) is 14.5 Å². The van der Waals surface area contributed by atoms with Crippen molar-refractivity contribution >= 4 is 11.7 Å². The number of Topliss-reactive ketones (excluding diaryl/α,β-unsaturated/α-hetero) is 1. The van der Waals surface area contributed by atoms with E-state index in [1.807, 2.05) is 0 Å². The Kier molecular flexibility index (Phi) is 5.07. The van der Waals surface area contributed by atoms with Crippen LogP contribution in [0.25, 0.3) is 0 Å². The molecule has 1 spiro atoms. The molecule has 0 N–H and O–H groups in total. The summed E-state index contributed by atoms with van der Waals surface area (Å²) in [5.41, 5.74) is 0.137. The van der Waals surface area contributed by atoms with Crippen LogP contribution in [-0.4, -0.2) is 78.7 Å². The molecule has 3 fully saturated rings. The topological polar surface area (TPSA) is 43.9 Å². The average molecular weight is 321 g/mol. The van der Waals surface area contributed by atoms with Crippen LogP contribution in [0, 0.1) is 5.92 Å². The molecule has 2 heterocycles. The van der Waals surface area contributed by atoms with Gasteiger partial charge in [-0.25, -0.2) is 0 Å². The number of ketones is 1. The van der Waals surface area contributed by atoms with E-state index < -0.39 is 0 Å². The first-order valence-electron chi connectivity index (χ1n) is 9.20. The highest BCUT2D eigenvalue weighted by Crippen LogP contribution is 2.32. The molecule has 1 atom stereocenters. The fourth-order valence-electron chi connectivity index (χ4n) is 4.52. The van der Waals surface area contributed by atoms with Gasteiger partial charge in [-0.1, -0.05) is 0 Å². The average Bonchev–Trinajstić information content (AvgIpc) is 2.85. The summed E-state index contributed by atoms with van der Waals surface area (Å²) < 4.78 is 0. The molecule has 1 saturated carbocycles. The van der Waals surface area contributed by atoms with Gasteiger partial charge in [-0.15, -0.1) is 0 Å². The van der Waals surface area contributed by atoms with Gasteiger partial charge in [0.25, 0.3) is 0 Å². The van der Waals surface area contributed by atoms with Crippen molar-refractivity contribution in [1.82, 2.24) is 14.7 Å². The molecule has 0 unspecified atom stereocenters. The number of carbonyl (C=O) groups excluding carboxylic acids is 2. The maximum absolute atomic E-state index is 12.8. The van der Waals surface area contributed by atoms with Crippen molar-refractivity contribution in [3.05, 3.63) is 0 Å². The number of rotatable bonds is 2. The molecule has 2 saturated heterocycles. The van der Waals surface area contributed by atoms with Crippen molar-refractivity contribution in [3.8, 4) is 0 Å². The second kappa shape index (κ2) is 6.89. The van der Waals surface area contributed by atoms with Gasteiger partial charge in [0, 0.05) is 43.9 Å². The SMILES string of the molecule is CN1CCC2(CC1)CN(C(=O)C[C@H]1CCCC1=O)CCCN2C. The molecular formula is C18H31N3O2. The molecule has 0 aromatic heterocycles. The molecule has 1 aliphatic carbocycles. The van der Waals surface area contributed by atoms with E-state index in [1.165, 1.54) is 0 Å². The van der Waals surface area contributed by atoms with Crippen LogP contribution in [0.4, 0.5) is 0 Å². The smallest absolute Gasteiger partial charge is 0.223 e. The number of piperidine rings is 1. The number of amides is 1. The van der Waals surface area contributed by atoms with Crippen LogP contribution in [0.2, 0.25) is 0 Å². The first kappa shape index (κ1) is 16.9. The number of likely N-dealkylation sites (N-methyl/N-ethyl adjacent to an activating group) is 1. The van der Waals surface area contributed by atoms with Gasteiger partial charge in [-0.05, 0) is 59.3 Å². The van der Waals surface area contributed by atoms with Gasteiger partial charge in [-0.2, -0.15) is 0 Å². The highest BCUT2D eigenvalue weighted by Gasteiger charge is 2.41. The van der Waals surface area contributed by atoms with Crippen molar-refractivity contribution in [2.75, 3.05) is 46.8 Å². The van der Waals surface area contributed by atoms with E-state index in [-0.39, 0.29) is 17.4 Å². The summed E-state index contributed by atoms with van der Waals surface area (Å²) >= 11 is 0.